The molecule has 0 aliphatic rings. The van der Waals surface area contributed by atoms with Gasteiger partial charge in [0.25, 0.3) is 0 Å². The minimum atomic E-state index is -1.03. The Balaban J connectivity index is 2.56. The number of hydrogen-bond donors (Lipinski definition) is 3. The highest BCUT2D eigenvalue weighted by Gasteiger charge is 2.16. The number of halogens is 2. The van der Waals surface area contributed by atoms with Gasteiger partial charge in [0.15, 0.2) is 0 Å². The van der Waals surface area contributed by atoms with E-state index in [1.54, 1.807) is 6.92 Å². The van der Waals surface area contributed by atoms with Gasteiger partial charge >= 0.3 is 12.0 Å². The number of anilines is 1. The lowest BCUT2D eigenvalue weighted by molar-refractivity contribution is -0.141. The predicted molar refractivity (Wildman–Crippen MR) is 64.8 cm³/mol. The van der Waals surface area contributed by atoms with Crippen molar-refractivity contribution in [2.75, 3.05) is 11.9 Å². The summed E-state index contributed by atoms with van der Waals surface area (Å²) in [5.41, 5.74) is -0.305. The maximum atomic E-state index is 13.2. The third kappa shape index (κ3) is 4.53. The van der Waals surface area contributed by atoms with E-state index in [0.29, 0.717) is 6.42 Å². The molecule has 0 aliphatic carbocycles. The average Bonchev–Trinajstić information content (AvgIpc) is 2.34. The smallest absolute Gasteiger partial charge is 0.319 e. The van der Waals surface area contributed by atoms with E-state index in [2.05, 4.69) is 10.6 Å². The number of carbonyl (C=O) groups excluding carboxylic acids is 1. The van der Waals surface area contributed by atoms with Crippen molar-refractivity contribution in [2.24, 2.45) is 5.92 Å². The molecule has 5 nitrogen and oxygen atoms in total. The molecule has 0 radical (unpaired) electrons. The normalized spacial score (nSPS) is 11.7. The van der Waals surface area contributed by atoms with Gasteiger partial charge in [-0.05, 0) is 18.6 Å². The topological polar surface area (TPSA) is 78.4 Å². The highest BCUT2D eigenvalue weighted by molar-refractivity contribution is 5.89. The van der Waals surface area contributed by atoms with Crippen molar-refractivity contribution in [3.05, 3.63) is 29.8 Å². The number of nitrogens with one attached hydrogen (secondary N) is 2. The molecule has 0 bridgehead atoms. The lowest BCUT2D eigenvalue weighted by Gasteiger charge is -2.12. The summed E-state index contributed by atoms with van der Waals surface area (Å²) in [5, 5.41) is 13.2. The van der Waals surface area contributed by atoms with Crippen LogP contribution in [-0.2, 0) is 4.79 Å². The fourth-order valence-electron chi connectivity index (χ4n) is 1.38. The Kier molecular flexibility index (Phi) is 5.23. The SMILES string of the molecule is CCC(CNC(=O)Nc1cc(F)ccc1F)C(=O)O. The zero-order chi connectivity index (χ0) is 14.4. The van der Waals surface area contributed by atoms with Gasteiger partial charge in [-0.3, -0.25) is 4.79 Å². The standard InChI is InChI=1S/C12H14F2N2O3/c1-2-7(11(17)18)6-15-12(19)16-10-5-8(13)3-4-9(10)14/h3-5,7H,2,6H2,1H3,(H,17,18)(H2,15,16,19). The molecule has 1 rings (SSSR count). The first-order valence-corrected chi connectivity index (χ1v) is 5.66. The molecule has 1 atom stereocenters. The van der Waals surface area contributed by atoms with Crippen LogP contribution in [-0.4, -0.2) is 23.7 Å². The first kappa shape index (κ1) is 14.9. The zero-order valence-electron chi connectivity index (χ0n) is 10.2. The molecule has 0 saturated heterocycles. The van der Waals surface area contributed by atoms with Gasteiger partial charge in [0.1, 0.15) is 11.6 Å². The van der Waals surface area contributed by atoms with Crippen molar-refractivity contribution in [2.45, 2.75) is 13.3 Å². The van der Waals surface area contributed by atoms with Crippen LogP contribution in [0.3, 0.4) is 0 Å². The molecule has 3 N–H and O–H groups in total. The van der Waals surface area contributed by atoms with E-state index < -0.39 is 29.6 Å². The van der Waals surface area contributed by atoms with Crippen molar-refractivity contribution in [3.8, 4) is 0 Å². The number of carboxylic acid groups (broad SMARTS) is 1. The van der Waals surface area contributed by atoms with E-state index in [0.717, 1.165) is 18.2 Å². The lowest BCUT2D eigenvalue weighted by atomic mass is 10.1. The summed E-state index contributed by atoms with van der Waals surface area (Å²) >= 11 is 0. The van der Waals surface area contributed by atoms with Crippen LogP contribution in [0.1, 0.15) is 13.3 Å². The summed E-state index contributed by atoms with van der Waals surface area (Å²) in [7, 11) is 0. The summed E-state index contributed by atoms with van der Waals surface area (Å²) < 4.78 is 26.1. The third-order valence-electron chi connectivity index (χ3n) is 2.53. The average molecular weight is 272 g/mol. The number of carboxylic acids is 1. The largest absolute Gasteiger partial charge is 0.481 e. The first-order valence-electron chi connectivity index (χ1n) is 5.66. The summed E-state index contributed by atoms with van der Waals surface area (Å²) in [6, 6.07) is 1.86. The van der Waals surface area contributed by atoms with E-state index in [4.69, 9.17) is 5.11 Å². The second-order valence-corrected chi connectivity index (χ2v) is 3.90. The van der Waals surface area contributed by atoms with Crippen LogP contribution in [0.4, 0.5) is 19.3 Å². The van der Waals surface area contributed by atoms with Gasteiger partial charge in [0.05, 0.1) is 11.6 Å². The number of rotatable bonds is 5. The number of urea groups is 1. The molecule has 1 aromatic carbocycles. The van der Waals surface area contributed by atoms with E-state index in [1.165, 1.54) is 0 Å². The van der Waals surface area contributed by atoms with Crippen molar-refractivity contribution in [1.29, 1.82) is 0 Å². The third-order valence-corrected chi connectivity index (χ3v) is 2.53. The monoisotopic (exact) mass is 272 g/mol. The predicted octanol–water partition coefficient (Wildman–Crippen LogP) is 2.20. The van der Waals surface area contributed by atoms with Crippen LogP contribution >= 0.6 is 0 Å². The van der Waals surface area contributed by atoms with Crippen LogP contribution in [0.25, 0.3) is 0 Å². The lowest BCUT2D eigenvalue weighted by Crippen LogP contribution is -2.35. The Labute approximate surface area is 108 Å². The molecule has 19 heavy (non-hydrogen) atoms. The minimum absolute atomic E-state index is 0.0887. The first-order chi connectivity index (χ1) is 8.93. The van der Waals surface area contributed by atoms with E-state index in [-0.39, 0.29) is 12.2 Å². The van der Waals surface area contributed by atoms with Crippen molar-refractivity contribution >= 4 is 17.7 Å². The van der Waals surface area contributed by atoms with Gasteiger partial charge in [-0.1, -0.05) is 6.92 Å². The number of carbonyl (C=O) groups is 2. The van der Waals surface area contributed by atoms with Gasteiger partial charge in [-0.25, -0.2) is 13.6 Å². The zero-order valence-corrected chi connectivity index (χ0v) is 10.2. The Morgan fingerprint density at radius 3 is 2.63 bits per heavy atom. The van der Waals surface area contributed by atoms with Crippen LogP contribution in [0.15, 0.2) is 18.2 Å². The molecular formula is C12H14F2N2O3. The van der Waals surface area contributed by atoms with Crippen LogP contribution < -0.4 is 10.6 Å². The quantitative estimate of drug-likeness (QED) is 0.768. The second kappa shape index (κ2) is 6.67. The Bertz CT molecular complexity index is 480. The van der Waals surface area contributed by atoms with Crippen molar-refractivity contribution in [3.63, 3.8) is 0 Å². The van der Waals surface area contributed by atoms with Crippen LogP contribution in [0.2, 0.25) is 0 Å². The van der Waals surface area contributed by atoms with Crippen molar-refractivity contribution in [1.82, 2.24) is 5.32 Å². The molecule has 104 valence electrons. The highest BCUT2D eigenvalue weighted by Crippen LogP contribution is 2.14. The highest BCUT2D eigenvalue weighted by atomic mass is 19.1. The molecule has 7 heteroatoms. The van der Waals surface area contributed by atoms with E-state index in [1.807, 2.05) is 0 Å². The van der Waals surface area contributed by atoms with Gasteiger partial charge in [-0.15, -0.1) is 0 Å². The molecule has 2 amide bonds. The molecule has 1 unspecified atom stereocenters. The summed E-state index contributed by atoms with van der Waals surface area (Å²) in [5.74, 6) is -3.21. The molecule has 0 heterocycles. The van der Waals surface area contributed by atoms with Crippen LogP contribution in [0.5, 0.6) is 0 Å². The van der Waals surface area contributed by atoms with Crippen LogP contribution in [0, 0.1) is 17.6 Å². The second-order valence-electron chi connectivity index (χ2n) is 3.90. The molecule has 0 aliphatic heterocycles. The molecule has 1 aromatic rings. The molecule has 0 aromatic heterocycles. The van der Waals surface area contributed by atoms with Crippen molar-refractivity contribution < 1.29 is 23.5 Å². The Morgan fingerprint density at radius 2 is 2.05 bits per heavy atom. The minimum Gasteiger partial charge on any atom is -0.481 e. The molecule has 0 saturated carbocycles. The van der Waals surface area contributed by atoms with E-state index >= 15 is 0 Å². The van der Waals surface area contributed by atoms with Gasteiger partial charge < -0.3 is 15.7 Å². The summed E-state index contributed by atoms with van der Waals surface area (Å²) in [6.45, 7) is 1.58. The number of aliphatic carboxylic acids is 1. The summed E-state index contributed by atoms with van der Waals surface area (Å²) in [6.07, 6.45) is 0.351. The Hall–Kier alpha value is -2.18. The number of benzene rings is 1. The number of hydrogen-bond acceptors (Lipinski definition) is 2. The van der Waals surface area contributed by atoms with Gasteiger partial charge in [-0.2, -0.15) is 0 Å². The molecule has 0 spiro atoms. The number of amides is 2. The maximum absolute atomic E-state index is 13.2. The molecule has 0 fully saturated rings. The van der Waals surface area contributed by atoms with Gasteiger partial charge in [0, 0.05) is 12.6 Å². The van der Waals surface area contributed by atoms with Gasteiger partial charge in [0.2, 0.25) is 0 Å². The fraction of sp³-hybridized carbons (Fsp3) is 0.333. The summed E-state index contributed by atoms with van der Waals surface area (Å²) in [4.78, 5) is 22.1. The maximum Gasteiger partial charge on any atom is 0.319 e. The van der Waals surface area contributed by atoms with E-state index in [9.17, 15) is 18.4 Å². The fourth-order valence-corrected chi connectivity index (χ4v) is 1.38. The Morgan fingerprint density at radius 1 is 1.37 bits per heavy atom. The molecular weight excluding hydrogens is 258 g/mol.